The number of benzene rings is 1. The zero-order chi connectivity index (χ0) is 16.6. The maximum Gasteiger partial charge on any atom is 0.375 e. The van der Waals surface area contributed by atoms with Crippen molar-refractivity contribution < 1.29 is 19.2 Å². The Labute approximate surface area is 137 Å². The number of amides is 1. The van der Waals surface area contributed by atoms with Crippen LogP contribution in [0.5, 0.6) is 0 Å². The number of hydrogen-bond donors (Lipinski definition) is 2. The van der Waals surface area contributed by atoms with Gasteiger partial charge in [0.15, 0.2) is 0 Å². The van der Waals surface area contributed by atoms with Crippen LogP contribution in [0.2, 0.25) is 5.02 Å². The molecule has 1 aromatic carbocycles. The number of nitrogens with zero attached hydrogens (tertiary/aromatic N) is 1. The molecule has 120 valence electrons. The van der Waals surface area contributed by atoms with Gasteiger partial charge in [0.05, 0.1) is 11.6 Å². The van der Waals surface area contributed by atoms with E-state index in [1.165, 1.54) is 0 Å². The molecule has 23 heavy (non-hydrogen) atoms. The van der Waals surface area contributed by atoms with Crippen molar-refractivity contribution in [3.8, 4) is 11.3 Å². The van der Waals surface area contributed by atoms with Gasteiger partial charge in [0.1, 0.15) is 5.69 Å². The van der Waals surface area contributed by atoms with Gasteiger partial charge in [0.25, 0.3) is 0 Å². The summed E-state index contributed by atoms with van der Waals surface area (Å²) in [6, 6.07) is 6.30. The molecule has 6 nitrogen and oxygen atoms in total. The molecule has 1 aliphatic carbocycles. The summed E-state index contributed by atoms with van der Waals surface area (Å²) in [7, 11) is 0. The lowest BCUT2D eigenvalue weighted by Crippen LogP contribution is -2.28. The van der Waals surface area contributed by atoms with E-state index in [0.29, 0.717) is 21.8 Å². The van der Waals surface area contributed by atoms with Crippen LogP contribution in [0.25, 0.3) is 11.3 Å². The first-order chi connectivity index (χ1) is 11.0. The molecular formula is C16H15ClN2O4. The lowest BCUT2D eigenvalue weighted by molar-refractivity contribution is -0.122. The van der Waals surface area contributed by atoms with E-state index in [-0.39, 0.29) is 17.6 Å². The molecular weight excluding hydrogens is 320 g/mol. The van der Waals surface area contributed by atoms with E-state index in [2.05, 4.69) is 10.5 Å². The van der Waals surface area contributed by atoms with Gasteiger partial charge in [-0.3, -0.25) is 4.79 Å². The lowest BCUT2D eigenvalue weighted by atomic mass is 10.0. The summed E-state index contributed by atoms with van der Waals surface area (Å²) >= 11 is 5.87. The highest BCUT2D eigenvalue weighted by molar-refractivity contribution is 6.30. The minimum Gasteiger partial charge on any atom is -0.475 e. The third-order valence-electron chi connectivity index (χ3n) is 3.78. The molecule has 1 atom stereocenters. The fraction of sp³-hybridized carbons (Fsp3) is 0.312. The molecule has 1 amide bonds. The molecule has 1 aliphatic rings. The van der Waals surface area contributed by atoms with Crippen LogP contribution in [-0.4, -0.2) is 22.1 Å². The van der Waals surface area contributed by atoms with E-state index in [0.717, 1.165) is 12.8 Å². The molecule has 1 aromatic heterocycles. The van der Waals surface area contributed by atoms with Crippen LogP contribution in [0.4, 0.5) is 0 Å². The van der Waals surface area contributed by atoms with E-state index in [1.807, 2.05) is 0 Å². The van der Waals surface area contributed by atoms with Gasteiger partial charge >= 0.3 is 5.97 Å². The van der Waals surface area contributed by atoms with Crippen LogP contribution < -0.4 is 5.32 Å². The van der Waals surface area contributed by atoms with Crippen molar-refractivity contribution in [1.82, 2.24) is 10.5 Å². The van der Waals surface area contributed by atoms with E-state index in [4.69, 9.17) is 16.1 Å². The summed E-state index contributed by atoms with van der Waals surface area (Å²) in [5.74, 6) is -1.53. The van der Waals surface area contributed by atoms with Crippen molar-refractivity contribution in [2.45, 2.75) is 25.8 Å². The Morgan fingerprint density at radius 1 is 1.35 bits per heavy atom. The van der Waals surface area contributed by atoms with E-state index < -0.39 is 12.0 Å². The predicted molar refractivity (Wildman–Crippen MR) is 83.2 cm³/mol. The highest BCUT2D eigenvalue weighted by atomic mass is 35.5. The van der Waals surface area contributed by atoms with Crippen molar-refractivity contribution >= 4 is 23.5 Å². The molecule has 1 heterocycles. The number of carbonyl (C=O) groups excluding carboxylic acids is 1. The molecule has 1 fully saturated rings. The number of halogens is 1. The number of hydrogen-bond acceptors (Lipinski definition) is 4. The van der Waals surface area contributed by atoms with E-state index >= 15 is 0 Å². The molecule has 7 heteroatoms. The second kappa shape index (κ2) is 6.04. The van der Waals surface area contributed by atoms with Crippen LogP contribution in [0, 0.1) is 5.92 Å². The molecule has 2 N–H and O–H groups in total. The monoisotopic (exact) mass is 334 g/mol. The first kappa shape index (κ1) is 15.6. The summed E-state index contributed by atoms with van der Waals surface area (Å²) in [5, 5.41) is 16.6. The maximum absolute atomic E-state index is 12.0. The molecule has 1 saturated carbocycles. The number of rotatable bonds is 5. The molecule has 0 unspecified atom stereocenters. The third kappa shape index (κ3) is 3.22. The number of aromatic nitrogens is 1. The summed E-state index contributed by atoms with van der Waals surface area (Å²) in [6.45, 7) is 1.72. The summed E-state index contributed by atoms with van der Waals surface area (Å²) in [6.07, 6.45) is 1.75. The Morgan fingerprint density at radius 3 is 2.57 bits per heavy atom. The lowest BCUT2D eigenvalue weighted by Gasteiger charge is -2.14. The van der Waals surface area contributed by atoms with Crippen LogP contribution in [0.15, 0.2) is 28.8 Å². The molecule has 0 bridgehead atoms. The summed E-state index contributed by atoms with van der Waals surface area (Å²) in [5.41, 5.74) is 1.42. The quantitative estimate of drug-likeness (QED) is 0.875. The number of aromatic carboxylic acids is 1. The summed E-state index contributed by atoms with van der Waals surface area (Å²) in [4.78, 5) is 23.3. The van der Waals surface area contributed by atoms with E-state index in [9.17, 15) is 14.7 Å². The van der Waals surface area contributed by atoms with Crippen LogP contribution in [0.3, 0.4) is 0 Å². The predicted octanol–water partition coefficient (Wildman–Crippen LogP) is 3.28. The van der Waals surface area contributed by atoms with Crippen molar-refractivity contribution in [2.75, 3.05) is 0 Å². The average molecular weight is 335 g/mol. The highest BCUT2D eigenvalue weighted by Gasteiger charge is 2.33. The van der Waals surface area contributed by atoms with Crippen LogP contribution in [-0.2, 0) is 4.79 Å². The number of nitrogens with one attached hydrogen (secondary N) is 1. The fourth-order valence-electron chi connectivity index (χ4n) is 2.42. The van der Waals surface area contributed by atoms with Gasteiger partial charge in [-0.25, -0.2) is 4.79 Å². The number of carboxylic acids is 1. The van der Waals surface area contributed by atoms with Gasteiger partial charge in [-0.15, -0.1) is 0 Å². The van der Waals surface area contributed by atoms with Gasteiger partial charge in [0.2, 0.25) is 11.7 Å². The zero-order valence-electron chi connectivity index (χ0n) is 12.4. The molecule has 0 saturated heterocycles. The first-order valence-electron chi connectivity index (χ1n) is 7.26. The second-order valence-corrected chi connectivity index (χ2v) is 6.03. The first-order valence-corrected chi connectivity index (χ1v) is 7.64. The van der Waals surface area contributed by atoms with Gasteiger partial charge in [-0.1, -0.05) is 28.9 Å². The van der Waals surface area contributed by atoms with Gasteiger partial charge in [0, 0.05) is 16.5 Å². The van der Waals surface area contributed by atoms with Gasteiger partial charge < -0.3 is 14.9 Å². The number of carboxylic acid groups (broad SMARTS) is 1. The SMILES string of the molecule is C[C@@H](NC(=O)C1CC1)c1c(-c2ccc(Cl)cc2)noc1C(=O)O. The molecule has 2 aromatic rings. The molecule has 3 rings (SSSR count). The van der Waals surface area contributed by atoms with Crippen molar-refractivity contribution in [2.24, 2.45) is 5.92 Å². The largest absolute Gasteiger partial charge is 0.475 e. The van der Waals surface area contributed by atoms with Gasteiger partial charge in [-0.05, 0) is 31.9 Å². The minimum absolute atomic E-state index is 0.0320. The highest BCUT2D eigenvalue weighted by Crippen LogP contribution is 2.33. The van der Waals surface area contributed by atoms with Crippen molar-refractivity contribution in [3.63, 3.8) is 0 Å². The Bertz CT molecular complexity index is 750. The normalized spacial score (nSPS) is 15.2. The Kier molecular flexibility index (Phi) is 4.09. The summed E-state index contributed by atoms with van der Waals surface area (Å²) < 4.78 is 4.99. The van der Waals surface area contributed by atoms with Crippen molar-refractivity contribution in [3.05, 3.63) is 40.6 Å². The van der Waals surface area contributed by atoms with E-state index in [1.54, 1.807) is 31.2 Å². The third-order valence-corrected chi connectivity index (χ3v) is 4.03. The molecule has 0 radical (unpaired) electrons. The second-order valence-electron chi connectivity index (χ2n) is 5.59. The molecule has 0 spiro atoms. The topological polar surface area (TPSA) is 92.4 Å². The molecule has 0 aliphatic heterocycles. The fourth-order valence-corrected chi connectivity index (χ4v) is 2.54. The number of carbonyl (C=O) groups is 2. The Morgan fingerprint density at radius 2 is 2.00 bits per heavy atom. The minimum atomic E-state index is -1.22. The standard InChI is InChI=1S/C16H15ClN2O4/c1-8(18-15(20)10-2-3-10)12-13(19-23-14(12)16(21)22)9-4-6-11(17)7-5-9/h4-8,10H,2-3H2,1H3,(H,18,20)(H,21,22)/t8-/m1/s1. The van der Waals surface area contributed by atoms with Crippen molar-refractivity contribution in [1.29, 1.82) is 0 Å². The van der Waals surface area contributed by atoms with Crippen LogP contribution in [0.1, 0.15) is 41.9 Å². The Balaban J connectivity index is 1.98. The van der Waals surface area contributed by atoms with Crippen LogP contribution >= 0.6 is 11.6 Å². The average Bonchev–Trinajstić information content (AvgIpc) is 3.26. The zero-order valence-corrected chi connectivity index (χ0v) is 13.1. The smallest absolute Gasteiger partial charge is 0.375 e. The maximum atomic E-state index is 12.0. The van der Waals surface area contributed by atoms with Gasteiger partial charge in [-0.2, -0.15) is 0 Å². The Hall–Kier alpha value is -2.34.